The van der Waals surface area contributed by atoms with E-state index in [1.54, 1.807) is 18.5 Å². The number of hydrogen-bond acceptors (Lipinski definition) is 3. The maximum atomic E-state index is 12.2. The van der Waals surface area contributed by atoms with Crippen molar-refractivity contribution in [3.63, 3.8) is 0 Å². The predicted molar refractivity (Wildman–Crippen MR) is 74.6 cm³/mol. The number of aromatic nitrogens is 2. The lowest BCUT2D eigenvalue weighted by Gasteiger charge is -2.14. The number of pyridine rings is 1. The van der Waals surface area contributed by atoms with Gasteiger partial charge in [0.05, 0.1) is 17.4 Å². The second-order valence-corrected chi connectivity index (χ2v) is 4.39. The molecular formula is C14H18N4O. The minimum absolute atomic E-state index is 0.142. The lowest BCUT2D eigenvalue weighted by molar-refractivity contribution is 0.0930. The largest absolute Gasteiger partial charge is 0.397 e. The first kappa shape index (κ1) is 13.1. The molecule has 0 aliphatic heterocycles. The third-order valence-electron chi connectivity index (χ3n) is 2.97. The first-order valence-corrected chi connectivity index (χ1v) is 6.29. The van der Waals surface area contributed by atoms with Gasteiger partial charge in [-0.15, -0.1) is 0 Å². The quantitative estimate of drug-likeness (QED) is 0.880. The highest BCUT2D eigenvalue weighted by Gasteiger charge is 2.15. The van der Waals surface area contributed by atoms with Crippen LogP contribution in [0.1, 0.15) is 36.1 Å². The summed E-state index contributed by atoms with van der Waals surface area (Å²) in [5.74, 6) is -0.142. The van der Waals surface area contributed by atoms with Crippen molar-refractivity contribution in [1.82, 2.24) is 14.9 Å². The van der Waals surface area contributed by atoms with Gasteiger partial charge < -0.3 is 15.6 Å². The van der Waals surface area contributed by atoms with E-state index in [9.17, 15) is 4.79 Å². The normalized spacial score (nSPS) is 12.1. The molecular weight excluding hydrogens is 240 g/mol. The van der Waals surface area contributed by atoms with Crippen molar-refractivity contribution in [2.45, 2.75) is 26.4 Å². The molecule has 0 spiro atoms. The average molecular weight is 258 g/mol. The van der Waals surface area contributed by atoms with E-state index in [0.29, 0.717) is 17.9 Å². The molecule has 2 rings (SSSR count). The Hall–Kier alpha value is -2.30. The van der Waals surface area contributed by atoms with E-state index in [2.05, 4.69) is 10.3 Å². The van der Waals surface area contributed by atoms with Gasteiger partial charge in [0.25, 0.3) is 5.91 Å². The van der Waals surface area contributed by atoms with Gasteiger partial charge in [0, 0.05) is 18.9 Å². The first-order chi connectivity index (χ1) is 9.11. The molecule has 100 valence electrons. The Morgan fingerprint density at radius 3 is 2.95 bits per heavy atom. The molecule has 0 saturated heterocycles. The molecule has 1 atom stereocenters. The highest BCUT2D eigenvalue weighted by atomic mass is 16.2. The standard InChI is InChI=1S/C14H18N4O/c1-3-18-9-11(15)8-13(18)14(19)17-10(2)12-6-4-5-7-16-12/h4-10H,3,15H2,1-2H3,(H,17,19). The van der Waals surface area contributed by atoms with Gasteiger partial charge in [0.15, 0.2) is 0 Å². The summed E-state index contributed by atoms with van der Waals surface area (Å²) in [6.07, 6.45) is 3.48. The maximum absolute atomic E-state index is 12.2. The van der Waals surface area contributed by atoms with Gasteiger partial charge in [-0.05, 0) is 32.0 Å². The number of carbonyl (C=O) groups excluding carboxylic acids is 1. The minimum Gasteiger partial charge on any atom is -0.397 e. The monoisotopic (exact) mass is 258 g/mol. The van der Waals surface area contributed by atoms with E-state index in [-0.39, 0.29) is 11.9 Å². The van der Waals surface area contributed by atoms with E-state index in [1.165, 1.54) is 0 Å². The van der Waals surface area contributed by atoms with E-state index >= 15 is 0 Å². The first-order valence-electron chi connectivity index (χ1n) is 6.29. The number of anilines is 1. The number of aryl methyl sites for hydroxylation is 1. The van der Waals surface area contributed by atoms with E-state index < -0.39 is 0 Å². The Kier molecular flexibility index (Phi) is 3.85. The number of nitrogens with two attached hydrogens (primary N) is 1. The zero-order chi connectivity index (χ0) is 13.8. The van der Waals surface area contributed by atoms with Crippen LogP contribution in [0.5, 0.6) is 0 Å². The van der Waals surface area contributed by atoms with Gasteiger partial charge in [-0.1, -0.05) is 6.07 Å². The number of amides is 1. The van der Waals surface area contributed by atoms with Crippen molar-refractivity contribution < 1.29 is 4.79 Å². The van der Waals surface area contributed by atoms with Gasteiger partial charge in [0.2, 0.25) is 0 Å². The molecule has 3 N–H and O–H groups in total. The average Bonchev–Trinajstić information content (AvgIpc) is 2.81. The van der Waals surface area contributed by atoms with Crippen molar-refractivity contribution in [3.8, 4) is 0 Å². The summed E-state index contributed by atoms with van der Waals surface area (Å²) in [6.45, 7) is 4.58. The zero-order valence-electron chi connectivity index (χ0n) is 11.1. The molecule has 0 aliphatic carbocycles. The molecule has 19 heavy (non-hydrogen) atoms. The minimum atomic E-state index is -0.143. The van der Waals surface area contributed by atoms with E-state index in [0.717, 1.165) is 5.69 Å². The summed E-state index contributed by atoms with van der Waals surface area (Å²) in [5.41, 5.74) is 7.72. The predicted octanol–water partition coefficient (Wildman–Crippen LogP) is 1.98. The Morgan fingerprint density at radius 1 is 1.53 bits per heavy atom. The molecule has 0 radical (unpaired) electrons. The van der Waals surface area contributed by atoms with E-state index in [4.69, 9.17) is 5.73 Å². The molecule has 0 aromatic carbocycles. The molecule has 2 heterocycles. The Balaban J connectivity index is 2.13. The number of hydrogen-bond donors (Lipinski definition) is 2. The van der Waals surface area contributed by atoms with Gasteiger partial charge >= 0.3 is 0 Å². The number of nitrogens with one attached hydrogen (secondary N) is 1. The van der Waals surface area contributed by atoms with Crippen molar-refractivity contribution in [2.75, 3.05) is 5.73 Å². The summed E-state index contributed by atoms with van der Waals surface area (Å²) in [7, 11) is 0. The highest BCUT2D eigenvalue weighted by Crippen LogP contribution is 2.13. The number of rotatable bonds is 4. The molecule has 1 amide bonds. The van der Waals surface area contributed by atoms with Gasteiger partial charge in [-0.25, -0.2) is 0 Å². The molecule has 2 aromatic heterocycles. The third kappa shape index (κ3) is 2.93. The van der Waals surface area contributed by atoms with Crippen LogP contribution in [-0.2, 0) is 6.54 Å². The van der Waals surface area contributed by atoms with Crippen LogP contribution in [0.25, 0.3) is 0 Å². The van der Waals surface area contributed by atoms with Crippen LogP contribution in [0.15, 0.2) is 36.7 Å². The number of nitrogen functional groups attached to an aromatic ring is 1. The number of nitrogens with zero attached hydrogens (tertiary/aromatic N) is 2. The van der Waals surface area contributed by atoms with Crippen molar-refractivity contribution in [3.05, 3.63) is 48.0 Å². The van der Waals surface area contributed by atoms with Gasteiger partial charge in [-0.3, -0.25) is 9.78 Å². The molecule has 5 heteroatoms. The van der Waals surface area contributed by atoms with Crippen molar-refractivity contribution in [1.29, 1.82) is 0 Å². The van der Waals surface area contributed by atoms with Crippen LogP contribution in [0.4, 0.5) is 5.69 Å². The lowest BCUT2D eigenvalue weighted by Crippen LogP contribution is -2.28. The summed E-state index contributed by atoms with van der Waals surface area (Å²) in [5, 5.41) is 2.92. The highest BCUT2D eigenvalue weighted by molar-refractivity contribution is 5.94. The fourth-order valence-electron chi connectivity index (χ4n) is 1.96. The molecule has 0 saturated carbocycles. The summed E-state index contributed by atoms with van der Waals surface area (Å²) < 4.78 is 1.83. The van der Waals surface area contributed by atoms with Gasteiger partial charge in [-0.2, -0.15) is 0 Å². The van der Waals surface area contributed by atoms with Crippen LogP contribution in [0.2, 0.25) is 0 Å². The maximum Gasteiger partial charge on any atom is 0.268 e. The Morgan fingerprint density at radius 2 is 2.32 bits per heavy atom. The van der Waals surface area contributed by atoms with Crippen LogP contribution < -0.4 is 11.1 Å². The zero-order valence-corrected chi connectivity index (χ0v) is 11.1. The molecule has 0 aliphatic rings. The second-order valence-electron chi connectivity index (χ2n) is 4.39. The smallest absolute Gasteiger partial charge is 0.268 e. The van der Waals surface area contributed by atoms with Crippen molar-refractivity contribution in [2.24, 2.45) is 0 Å². The fourth-order valence-corrected chi connectivity index (χ4v) is 1.96. The summed E-state index contributed by atoms with van der Waals surface area (Å²) in [4.78, 5) is 16.4. The summed E-state index contributed by atoms with van der Waals surface area (Å²) >= 11 is 0. The van der Waals surface area contributed by atoms with Crippen LogP contribution in [0, 0.1) is 0 Å². The summed E-state index contributed by atoms with van der Waals surface area (Å²) in [6, 6.07) is 7.18. The number of carbonyl (C=O) groups is 1. The molecule has 0 fully saturated rings. The lowest BCUT2D eigenvalue weighted by atomic mass is 10.2. The third-order valence-corrected chi connectivity index (χ3v) is 2.97. The van der Waals surface area contributed by atoms with E-state index in [1.807, 2.05) is 36.6 Å². The van der Waals surface area contributed by atoms with Crippen LogP contribution in [-0.4, -0.2) is 15.5 Å². The van der Waals surface area contributed by atoms with Crippen LogP contribution in [0.3, 0.4) is 0 Å². The molecule has 0 bridgehead atoms. The van der Waals surface area contributed by atoms with Crippen LogP contribution >= 0.6 is 0 Å². The molecule has 2 aromatic rings. The van der Waals surface area contributed by atoms with Crippen molar-refractivity contribution >= 4 is 11.6 Å². The topological polar surface area (TPSA) is 72.9 Å². The molecule has 1 unspecified atom stereocenters. The molecule has 5 nitrogen and oxygen atoms in total. The second kappa shape index (κ2) is 5.56. The fraction of sp³-hybridized carbons (Fsp3) is 0.286. The van der Waals surface area contributed by atoms with Gasteiger partial charge in [0.1, 0.15) is 5.69 Å². The Bertz CT molecular complexity index is 562. The Labute approximate surface area is 112 Å². The SMILES string of the molecule is CCn1cc(N)cc1C(=O)NC(C)c1ccccn1.